The number of alkyl halides is 3. The van der Waals surface area contributed by atoms with E-state index in [0.29, 0.717) is 37.0 Å². The van der Waals surface area contributed by atoms with Gasteiger partial charge in [-0.05, 0) is 36.0 Å². The summed E-state index contributed by atoms with van der Waals surface area (Å²) in [6, 6.07) is 12.1. The minimum Gasteiger partial charge on any atom is -0.341 e. The summed E-state index contributed by atoms with van der Waals surface area (Å²) in [7, 11) is 1.92. The van der Waals surface area contributed by atoms with E-state index >= 15 is 0 Å². The van der Waals surface area contributed by atoms with Crippen LogP contribution in [-0.2, 0) is 26.4 Å². The average molecular weight is 533 g/mol. The number of aromatic nitrogens is 7. The highest BCUT2D eigenvalue weighted by atomic mass is 19.4. The summed E-state index contributed by atoms with van der Waals surface area (Å²) in [5.74, 6) is 2.79. The van der Waals surface area contributed by atoms with E-state index in [2.05, 4.69) is 37.4 Å². The van der Waals surface area contributed by atoms with Gasteiger partial charge >= 0.3 is 6.18 Å². The Bertz CT molecular complexity index is 1660. The van der Waals surface area contributed by atoms with Crippen LogP contribution in [0.15, 0.2) is 42.6 Å². The van der Waals surface area contributed by atoms with Crippen molar-refractivity contribution in [1.29, 1.82) is 0 Å². The quantitative estimate of drug-likeness (QED) is 0.316. The molecule has 8 nitrogen and oxygen atoms in total. The van der Waals surface area contributed by atoms with E-state index in [4.69, 9.17) is 4.98 Å². The van der Waals surface area contributed by atoms with Crippen LogP contribution in [0, 0.1) is 0 Å². The zero-order valence-electron chi connectivity index (χ0n) is 21.4. The lowest BCUT2D eigenvalue weighted by Gasteiger charge is -2.26. The SMILES string of the molecule is Cn1nc(-c2ccc(-c3nc4c([nH]3)CN(CC(F)(F)F)CC4)cc2)nc1Cc1ccc2[nH]ncc2c1C1CC1. The number of benzene rings is 2. The summed E-state index contributed by atoms with van der Waals surface area (Å²) < 4.78 is 40.3. The molecule has 3 aromatic heterocycles. The Morgan fingerprint density at radius 3 is 2.59 bits per heavy atom. The zero-order chi connectivity index (χ0) is 26.7. The third-order valence-electron chi connectivity index (χ3n) is 7.67. The Labute approximate surface area is 222 Å². The standard InChI is InChI=1S/C28H27F3N8/c1-38-24(12-19-8-9-21-20(13-32-36-21)25(19)16-2-3-16)35-27(37-38)18-6-4-17(5-7-18)26-33-22-10-11-39(14-23(22)34-26)15-28(29,30)31/h4-9,13,16H,2-3,10-12,14-15H2,1H3,(H,32,36)(H,33,34). The van der Waals surface area contributed by atoms with Crippen LogP contribution in [-0.4, -0.2) is 59.1 Å². The van der Waals surface area contributed by atoms with Gasteiger partial charge in [0.2, 0.25) is 0 Å². The van der Waals surface area contributed by atoms with E-state index in [-0.39, 0.29) is 6.54 Å². The number of nitrogens with one attached hydrogen (secondary N) is 2. The lowest BCUT2D eigenvalue weighted by atomic mass is 9.97. The third-order valence-corrected chi connectivity index (χ3v) is 7.67. The molecule has 0 radical (unpaired) electrons. The van der Waals surface area contributed by atoms with Gasteiger partial charge in [0.15, 0.2) is 5.82 Å². The fraction of sp³-hybridized carbons (Fsp3) is 0.357. The lowest BCUT2D eigenvalue weighted by molar-refractivity contribution is -0.147. The van der Waals surface area contributed by atoms with Gasteiger partial charge in [-0.3, -0.25) is 14.7 Å². The van der Waals surface area contributed by atoms with Crippen molar-refractivity contribution in [1.82, 2.24) is 39.8 Å². The molecule has 4 heterocycles. The van der Waals surface area contributed by atoms with E-state index in [1.165, 1.54) is 34.3 Å². The highest BCUT2D eigenvalue weighted by Gasteiger charge is 2.33. The molecule has 0 amide bonds. The normalized spacial score (nSPS) is 16.2. The van der Waals surface area contributed by atoms with Crippen molar-refractivity contribution in [2.24, 2.45) is 7.05 Å². The first kappa shape index (κ1) is 24.1. The second-order valence-electron chi connectivity index (χ2n) is 10.6. The summed E-state index contributed by atoms with van der Waals surface area (Å²) in [5.41, 5.74) is 7.05. The second-order valence-corrected chi connectivity index (χ2v) is 10.6. The van der Waals surface area contributed by atoms with Crippen LogP contribution in [0.25, 0.3) is 33.7 Å². The summed E-state index contributed by atoms with van der Waals surface area (Å²) in [6.07, 6.45) is 1.32. The van der Waals surface area contributed by atoms with Crippen LogP contribution in [0.2, 0.25) is 0 Å². The minimum atomic E-state index is -4.21. The maximum absolute atomic E-state index is 12.8. The van der Waals surface area contributed by atoms with Gasteiger partial charge in [-0.2, -0.15) is 23.4 Å². The van der Waals surface area contributed by atoms with Crippen molar-refractivity contribution in [2.75, 3.05) is 13.1 Å². The monoisotopic (exact) mass is 532 g/mol. The first-order valence-electron chi connectivity index (χ1n) is 13.1. The van der Waals surface area contributed by atoms with E-state index in [1.54, 1.807) is 0 Å². The van der Waals surface area contributed by atoms with E-state index in [0.717, 1.165) is 33.9 Å². The molecular weight excluding hydrogens is 505 g/mol. The molecule has 0 unspecified atom stereocenters. The van der Waals surface area contributed by atoms with Crippen molar-refractivity contribution < 1.29 is 13.2 Å². The molecule has 39 heavy (non-hydrogen) atoms. The molecule has 0 saturated heterocycles. The highest BCUT2D eigenvalue weighted by Crippen LogP contribution is 2.45. The van der Waals surface area contributed by atoms with Gasteiger partial charge in [0.1, 0.15) is 11.6 Å². The Hall–Kier alpha value is -3.99. The zero-order valence-corrected chi connectivity index (χ0v) is 21.4. The number of hydrogen-bond donors (Lipinski definition) is 2. The Morgan fingerprint density at radius 2 is 1.82 bits per heavy atom. The second kappa shape index (κ2) is 9.04. The van der Waals surface area contributed by atoms with Crippen LogP contribution in [0.5, 0.6) is 0 Å². The summed E-state index contributed by atoms with van der Waals surface area (Å²) >= 11 is 0. The predicted molar refractivity (Wildman–Crippen MR) is 140 cm³/mol. The van der Waals surface area contributed by atoms with Crippen LogP contribution in [0.1, 0.15) is 47.1 Å². The number of nitrogens with zero attached hydrogens (tertiary/aromatic N) is 6. The van der Waals surface area contributed by atoms with Crippen molar-refractivity contribution in [3.63, 3.8) is 0 Å². The first-order valence-corrected chi connectivity index (χ1v) is 13.1. The van der Waals surface area contributed by atoms with Crippen molar-refractivity contribution in [2.45, 2.75) is 44.3 Å². The molecule has 0 bridgehead atoms. The summed E-state index contributed by atoms with van der Waals surface area (Å²) in [4.78, 5) is 14.2. The molecule has 7 rings (SSSR count). The number of aromatic amines is 2. The number of imidazole rings is 1. The van der Waals surface area contributed by atoms with Gasteiger partial charge in [-0.25, -0.2) is 9.97 Å². The molecule has 0 spiro atoms. The molecule has 11 heteroatoms. The predicted octanol–water partition coefficient (Wildman–Crippen LogP) is 5.14. The van der Waals surface area contributed by atoms with Crippen LogP contribution < -0.4 is 0 Å². The molecule has 0 atom stereocenters. The number of aryl methyl sites for hydroxylation is 1. The number of halogens is 3. The molecular formula is C28H27F3N8. The minimum absolute atomic E-state index is 0.219. The largest absolute Gasteiger partial charge is 0.401 e. The molecule has 2 aromatic carbocycles. The lowest BCUT2D eigenvalue weighted by Crippen LogP contribution is -2.38. The molecule has 200 valence electrons. The number of rotatable bonds is 6. The van der Waals surface area contributed by atoms with Gasteiger partial charge in [0, 0.05) is 49.5 Å². The Kier molecular flexibility index (Phi) is 5.58. The molecule has 1 fully saturated rings. The summed E-state index contributed by atoms with van der Waals surface area (Å²) in [6.45, 7) is -0.341. The maximum Gasteiger partial charge on any atom is 0.401 e. The van der Waals surface area contributed by atoms with Crippen LogP contribution >= 0.6 is 0 Å². The van der Waals surface area contributed by atoms with Gasteiger partial charge in [0.25, 0.3) is 0 Å². The van der Waals surface area contributed by atoms with Crippen molar-refractivity contribution in [3.05, 3.63) is 70.9 Å². The van der Waals surface area contributed by atoms with E-state index in [9.17, 15) is 13.2 Å². The highest BCUT2D eigenvalue weighted by molar-refractivity contribution is 5.84. The van der Waals surface area contributed by atoms with Crippen molar-refractivity contribution in [3.8, 4) is 22.8 Å². The fourth-order valence-electron chi connectivity index (χ4n) is 5.61. The first-order chi connectivity index (χ1) is 18.8. The average Bonchev–Trinajstić information content (AvgIpc) is 3.28. The van der Waals surface area contributed by atoms with Gasteiger partial charge < -0.3 is 4.98 Å². The van der Waals surface area contributed by atoms with Crippen LogP contribution in [0.4, 0.5) is 13.2 Å². The number of hydrogen-bond acceptors (Lipinski definition) is 5. The van der Waals surface area contributed by atoms with Gasteiger partial charge in [-0.15, -0.1) is 0 Å². The molecule has 1 aliphatic heterocycles. The molecule has 5 aromatic rings. The smallest absolute Gasteiger partial charge is 0.341 e. The van der Waals surface area contributed by atoms with Crippen molar-refractivity contribution >= 4 is 10.9 Å². The number of H-pyrrole nitrogens is 2. The van der Waals surface area contributed by atoms with Gasteiger partial charge in [-0.1, -0.05) is 30.3 Å². The van der Waals surface area contributed by atoms with Gasteiger partial charge in [0.05, 0.1) is 29.6 Å². The number of fused-ring (bicyclic) bond motifs is 2. The fourth-order valence-corrected chi connectivity index (χ4v) is 5.61. The molecule has 2 aliphatic rings. The molecule has 1 aliphatic carbocycles. The van der Waals surface area contributed by atoms with Crippen LogP contribution in [0.3, 0.4) is 0 Å². The third kappa shape index (κ3) is 4.71. The van der Waals surface area contributed by atoms with E-state index in [1.807, 2.05) is 42.2 Å². The Balaban J connectivity index is 1.10. The topological polar surface area (TPSA) is 91.3 Å². The Morgan fingerprint density at radius 1 is 1.03 bits per heavy atom. The summed E-state index contributed by atoms with van der Waals surface area (Å²) in [5, 5.41) is 13.2. The molecule has 1 saturated carbocycles. The maximum atomic E-state index is 12.8. The van der Waals surface area contributed by atoms with E-state index < -0.39 is 12.7 Å². The molecule has 2 N–H and O–H groups in total.